The molecule has 20 heavy (non-hydrogen) atoms. The van der Waals surface area contributed by atoms with Crippen LogP contribution in [-0.2, 0) is 6.54 Å². The maximum Gasteiger partial charge on any atom is 0.149 e. The highest BCUT2D eigenvalue weighted by Gasteiger charge is 2.38. The number of fused-ring (bicyclic) bond motifs is 3. The van der Waals surface area contributed by atoms with Gasteiger partial charge in [0, 0.05) is 32.1 Å². The van der Waals surface area contributed by atoms with Gasteiger partial charge in [-0.1, -0.05) is 13.8 Å². The minimum absolute atomic E-state index is 0.442. The van der Waals surface area contributed by atoms with E-state index >= 15 is 0 Å². The number of nitrogens with zero attached hydrogens (tertiary/aromatic N) is 3. The fraction of sp³-hybridized carbons (Fsp3) is 0.733. The van der Waals surface area contributed by atoms with Crippen molar-refractivity contribution in [1.82, 2.24) is 20.2 Å². The van der Waals surface area contributed by atoms with Crippen LogP contribution in [0, 0.1) is 12.8 Å². The van der Waals surface area contributed by atoms with E-state index in [9.17, 15) is 0 Å². The van der Waals surface area contributed by atoms with Gasteiger partial charge in [-0.15, -0.1) is 0 Å². The Morgan fingerprint density at radius 1 is 1.45 bits per heavy atom. The van der Waals surface area contributed by atoms with Crippen LogP contribution < -0.4 is 10.6 Å². The lowest BCUT2D eigenvalue weighted by Gasteiger charge is -2.38. The molecule has 0 saturated carbocycles. The van der Waals surface area contributed by atoms with E-state index in [1.54, 1.807) is 0 Å². The highest BCUT2D eigenvalue weighted by atomic mass is 15.2. The SMILES string of the molecule is CN=C1NC2CNCCC2c2c1nc(C)n2CC(C)C. The molecule has 2 unspecified atom stereocenters. The van der Waals surface area contributed by atoms with Crippen LogP contribution in [0.3, 0.4) is 0 Å². The smallest absolute Gasteiger partial charge is 0.149 e. The second-order valence-corrected chi connectivity index (χ2v) is 6.32. The highest BCUT2D eigenvalue weighted by Crippen LogP contribution is 2.33. The molecule has 0 spiro atoms. The maximum atomic E-state index is 4.80. The first-order valence-corrected chi connectivity index (χ1v) is 7.63. The van der Waals surface area contributed by atoms with E-state index in [2.05, 4.69) is 41.0 Å². The first-order chi connectivity index (χ1) is 9.61. The Bertz CT molecular complexity index is 529. The number of imidazole rings is 1. The number of aliphatic imine (C=N–C) groups is 1. The van der Waals surface area contributed by atoms with Gasteiger partial charge in [0.1, 0.15) is 17.4 Å². The Hall–Kier alpha value is -1.36. The van der Waals surface area contributed by atoms with Crippen molar-refractivity contribution in [1.29, 1.82) is 0 Å². The second kappa shape index (κ2) is 5.20. The molecule has 5 heteroatoms. The number of aryl methyl sites for hydroxylation is 1. The normalized spacial score (nSPS) is 27.4. The first-order valence-electron chi connectivity index (χ1n) is 7.63. The van der Waals surface area contributed by atoms with E-state index in [1.807, 2.05) is 7.05 Å². The third-order valence-corrected chi connectivity index (χ3v) is 4.35. The third kappa shape index (κ3) is 2.14. The van der Waals surface area contributed by atoms with Gasteiger partial charge in [0.15, 0.2) is 0 Å². The molecule has 5 nitrogen and oxygen atoms in total. The lowest BCUT2D eigenvalue weighted by molar-refractivity contribution is 0.349. The van der Waals surface area contributed by atoms with Crippen molar-refractivity contribution >= 4 is 5.84 Å². The van der Waals surface area contributed by atoms with Gasteiger partial charge in [0.25, 0.3) is 0 Å². The predicted octanol–water partition coefficient (Wildman–Crippen LogP) is 1.27. The molecular weight excluding hydrogens is 250 g/mol. The number of hydrogen-bond donors (Lipinski definition) is 2. The topological polar surface area (TPSA) is 54.2 Å². The van der Waals surface area contributed by atoms with Crippen LogP contribution in [0.4, 0.5) is 0 Å². The summed E-state index contributed by atoms with van der Waals surface area (Å²) in [5, 5.41) is 7.05. The lowest BCUT2D eigenvalue weighted by atomic mass is 9.85. The summed E-state index contributed by atoms with van der Waals surface area (Å²) in [5.41, 5.74) is 2.48. The van der Waals surface area contributed by atoms with Crippen molar-refractivity contribution in [2.75, 3.05) is 20.1 Å². The van der Waals surface area contributed by atoms with Crippen molar-refractivity contribution in [2.45, 2.75) is 45.7 Å². The van der Waals surface area contributed by atoms with Crippen LogP contribution in [0.1, 0.15) is 43.4 Å². The molecule has 0 amide bonds. The molecule has 1 saturated heterocycles. The average molecular weight is 275 g/mol. The summed E-state index contributed by atoms with van der Waals surface area (Å²) in [5.74, 6) is 3.25. The van der Waals surface area contributed by atoms with E-state index in [-0.39, 0.29) is 0 Å². The van der Waals surface area contributed by atoms with E-state index in [4.69, 9.17) is 4.98 Å². The third-order valence-electron chi connectivity index (χ3n) is 4.35. The number of aromatic nitrogens is 2. The number of piperidine rings is 1. The van der Waals surface area contributed by atoms with Crippen molar-refractivity contribution in [3.8, 4) is 0 Å². The molecule has 0 bridgehead atoms. The summed E-state index contributed by atoms with van der Waals surface area (Å²) in [7, 11) is 1.85. The van der Waals surface area contributed by atoms with E-state index < -0.39 is 0 Å². The number of nitrogens with one attached hydrogen (secondary N) is 2. The van der Waals surface area contributed by atoms with Crippen LogP contribution >= 0.6 is 0 Å². The van der Waals surface area contributed by atoms with Crippen LogP contribution in [0.5, 0.6) is 0 Å². The Kier molecular flexibility index (Phi) is 3.54. The molecule has 110 valence electrons. The van der Waals surface area contributed by atoms with Crippen LogP contribution in [0.25, 0.3) is 0 Å². The van der Waals surface area contributed by atoms with Crippen molar-refractivity contribution in [2.24, 2.45) is 10.9 Å². The van der Waals surface area contributed by atoms with Gasteiger partial charge < -0.3 is 15.2 Å². The Morgan fingerprint density at radius 2 is 2.25 bits per heavy atom. The number of hydrogen-bond acceptors (Lipinski definition) is 3. The van der Waals surface area contributed by atoms with Crippen LogP contribution in [0.15, 0.2) is 4.99 Å². The zero-order valence-corrected chi connectivity index (χ0v) is 12.9. The summed E-state index contributed by atoms with van der Waals surface area (Å²) in [6.07, 6.45) is 1.17. The van der Waals surface area contributed by atoms with Gasteiger partial charge in [-0.05, 0) is 25.8 Å². The summed E-state index contributed by atoms with van der Waals surface area (Å²) >= 11 is 0. The lowest BCUT2D eigenvalue weighted by Crippen LogP contribution is -2.54. The van der Waals surface area contributed by atoms with Gasteiger partial charge >= 0.3 is 0 Å². The van der Waals surface area contributed by atoms with E-state index in [1.165, 1.54) is 12.1 Å². The largest absolute Gasteiger partial charge is 0.364 e. The summed E-state index contributed by atoms with van der Waals surface area (Å²) in [6, 6.07) is 0.442. The number of rotatable bonds is 2. The van der Waals surface area contributed by atoms with Gasteiger partial charge in [0.05, 0.1) is 5.69 Å². The zero-order valence-electron chi connectivity index (χ0n) is 12.9. The maximum absolute atomic E-state index is 4.80. The average Bonchev–Trinajstić information content (AvgIpc) is 2.75. The van der Waals surface area contributed by atoms with E-state index in [0.717, 1.165) is 37.0 Å². The van der Waals surface area contributed by atoms with Gasteiger partial charge in [-0.2, -0.15) is 0 Å². The molecule has 2 aliphatic heterocycles. The minimum Gasteiger partial charge on any atom is -0.364 e. The Labute approximate surface area is 120 Å². The molecule has 1 aromatic heterocycles. The van der Waals surface area contributed by atoms with Crippen LogP contribution in [-0.4, -0.2) is 41.6 Å². The molecule has 2 aliphatic rings. The molecule has 2 N–H and O–H groups in total. The molecule has 1 aromatic rings. The fourth-order valence-electron chi connectivity index (χ4n) is 3.48. The molecule has 0 radical (unpaired) electrons. The molecule has 2 atom stereocenters. The van der Waals surface area contributed by atoms with Crippen molar-refractivity contribution in [3.63, 3.8) is 0 Å². The molecule has 1 fully saturated rings. The number of amidine groups is 1. The standard InChI is InChI=1S/C15H25N5/c1-9(2)8-20-10(3)18-13-14(20)11-5-6-17-7-12(11)19-15(13)16-4/h9,11-12,17H,5-8H2,1-4H3,(H,16,19). The Balaban J connectivity index is 2.10. The minimum atomic E-state index is 0.442. The molecular formula is C15H25N5. The molecule has 0 aromatic carbocycles. The van der Waals surface area contributed by atoms with Gasteiger partial charge in [-0.25, -0.2) is 4.98 Å². The van der Waals surface area contributed by atoms with Crippen molar-refractivity contribution in [3.05, 3.63) is 17.2 Å². The molecule has 0 aliphatic carbocycles. The summed E-state index contributed by atoms with van der Waals surface area (Å²) in [4.78, 5) is 9.21. The fourth-order valence-corrected chi connectivity index (χ4v) is 3.48. The van der Waals surface area contributed by atoms with E-state index in [0.29, 0.717) is 17.9 Å². The predicted molar refractivity (Wildman–Crippen MR) is 81.4 cm³/mol. The summed E-state index contributed by atoms with van der Waals surface area (Å²) in [6.45, 7) is 9.79. The zero-order chi connectivity index (χ0) is 14.3. The molecule has 3 heterocycles. The van der Waals surface area contributed by atoms with Crippen molar-refractivity contribution < 1.29 is 0 Å². The first kappa shape index (κ1) is 13.6. The molecule has 3 rings (SSSR count). The van der Waals surface area contributed by atoms with Gasteiger partial charge in [0.2, 0.25) is 0 Å². The van der Waals surface area contributed by atoms with Gasteiger partial charge in [-0.3, -0.25) is 4.99 Å². The summed E-state index contributed by atoms with van der Waals surface area (Å²) < 4.78 is 2.43. The van der Waals surface area contributed by atoms with Crippen LogP contribution in [0.2, 0.25) is 0 Å². The second-order valence-electron chi connectivity index (χ2n) is 6.32. The quantitative estimate of drug-likeness (QED) is 0.855. The monoisotopic (exact) mass is 275 g/mol. The Morgan fingerprint density at radius 3 is 2.95 bits per heavy atom. The highest BCUT2D eigenvalue weighted by molar-refractivity contribution is 5.99.